The van der Waals surface area contributed by atoms with Crippen LogP contribution in [0.2, 0.25) is 0 Å². The van der Waals surface area contributed by atoms with Crippen LogP contribution in [0, 0.1) is 20.2 Å². The highest BCUT2D eigenvalue weighted by molar-refractivity contribution is 5.89. The van der Waals surface area contributed by atoms with E-state index in [-0.39, 0.29) is 16.3 Å². The summed E-state index contributed by atoms with van der Waals surface area (Å²) >= 11 is 0. The monoisotopic (exact) mass is 680 g/mol. The molecule has 0 aromatic heterocycles. The highest BCUT2D eigenvalue weighted by Gasteiger charge is 2.39. The van der Waals surface area contributed by atoms with Gasteiger partial charge in [-0.15, -0.1) is 0 Å². The first kappa shape index (κ1) is 32.2. The largest absolute Gasteiger partial charge is 0.327 e. The quantitative estimate of drug-likeness (QED) is 0.111. The van der Waals surface area contributed by atoms with E-state index in [4.69, 9.17) is 0 Å². The first-order valence-electron chi connectivity index (χ1n) is 16.9. The molecule has 8 nitrogen and oxygen atoms in total. The van der Waals surface area contributed by atoms with Gasteiger partial charge in [0.2, 0.25) is 0 Å². The molecule has 1 aliphatic carbocycles. The molecule has 1 unspecified atom stereocenters. The molecule has 7 aromatic rings. The number of allylic oxidation sites excluding steroid dienone is 1. The summed E-state index contributed by atoms with van der Waals surface area (Å²) in [6.07, 6.45) is 7.03. The molecule has 0 amide bonds. The predicted molar refractivity (Wildman–Crippen MR) is 208 cm³/mol. The van der Waals surface area contributed by atoms with Gasteiger partial charge in [-0.25, -0.2) is 0 Å². The second-order valence-corrected chi connectivity index (χ2v) is 12.7. The second kappa shape index (κ2) is 13.3. The van der Waals surface area contributed by atoms with Crippen LogP contribution in [0.4, 0.5) is 34.1 Å². The molecule has 0 bridgehead atoms. The predicted octanol–water partition coefficient (Wildman–Crippen LogP) is 11.5. The van der Waals surface area contributed by atoms with Crippen molar-refractivity contribution in [2.45, 2.75) is 12.0 Å². The van der Waals surface area contributed by atoms with Crippen LogP contribution >= 0.6 is 0 Å². The zero-order chi connectivity index (χ0) is 35.7. The van der Waals surface area contributed by atoms with E-state index >= 15 is 0 Å². The topological polar surface area (TPSA) is 92.8 Å². The van der Waals surface area contributed by atoms with Crippen LogP contribution in [-0.2, 0) is 5.54 Å². The van der Waals surface area contributed by atoms with E-state index in [0.717, 1.165) is 55.6 Å². The number of hydrogen-bond donors (Lipinski definition) is 0. The van der Waals surface area contributed by atoms with Gasteiger partial charge in [0.1, 0.15) is 0 Å². The molecule has 0 saturated heterocycles. The SMILES string of the molecule is O=[N+]([O-])c1ccc(N(C2=CCC(c3ccccc3)(N(c3ccc([N+](=O)[O-])cc3)c3ccc4ccccc4c3)C=C2)c2ccc3ccccc3c2)cc1. The van der Waals surface area contributed by atoms with Crippen molar-refractivity contribution in [3.8, 4) is 0 Å². The zero-order valence-electron chi connectivity index (χ0n) is 27.9. The van der Waals surface area contributed by atoms with E-state index in [1.807, 2.05) is 54.6 Å². The molecule has 0 aliphatic heterocycles. The van der Waals surface area contributed by atoms with E-state index in [2.05, 4.69) is 101 Å². The summed E-state index contributed by atoms with van der Waals surface area (Å²) < 4.78 is 0. The van der Waals surface area contributed by atoms with Crippen LogP contribution in [0.15, 0.2) is 188 Å². The molecule has 0 radical (unpaired) electrons. The van der Waals surface area contributed by atoms with Gasteiger partial charge in [0.05, 0.1) is 15.4 Å². The summed E-state index contributed by atoms with van der Waals surface area (Å²) in [6, 6.07) is 52.6. The first-order chi connectivity index (χ1) is 25.4. The Kier molecular flexibility index (Phi) is 8.25. The average molecular weight is 681 g/mol. The Morgan fingerprint density at radius 3 is 1.52 bits per heavy atom. The number of hydrogen-bond acceptors (Lipinski definition) is 6. The van der Waals surface area contributed by atoms with Crippen molar-refractivity contribution >= 4 is 55.7 Å². The maximum absolute atomic E-state index is 11.7. The molecular weight excluding hydrogens is 649 g/mol. The van der Waals surface area contributed by atoms with E-state index in [9.17, 15) is 20.2 Å². The van der Waals surface area contributed by atoms with E-state index < -0.39 is 10.5 Å². The van der Waals surface area contributed by atoms with Crippen LogP contribution in [-0.4, -0.2) is 9.85 Å². The molecule has 0 spiro atoms. The summed E-state index contributed by atoms with van der Waals surface area (Å²) in [5.41, 5.74) is 4.67. The summed E-state index contributed by atoms with van der Waals surface area (Å²) in [7, 11) is 0. The van der Waals surface area contributed by atoms with Crippen LogP contribution in [0.5, 0.6) is 0 Å². The molecule has 8 rings (SSSR count). The number of anilines is 4. The van der Waals surface area contributed by atoms with E-state index in [1.54, 1.807) is 24.3 Å². The molecule has 7 aromatic carbocycles. The van der Waals surface area contributed by atoms with Crippen molar-refractivity contribution in [1.29, 1.82) is 0 Å². The van der Waals surface area contributed by atoms with Gasteiger partial charge < -0.3 is 9.80 Å². The van der Waals surface area contributed by atoms with Gasteiger partial charge in [-0.05, 0) is 88.1 Å². The summed E-state index contributed by atoms with van der Waals surface area (Å²) in [5, 5.41) is 27.6. The standard InChI is InChI=1S/C44H32N4O4/c49-47(50)40-22-18-37(19-23-40)45(42-16-14-32-8-4-6-10-34(32)30-42)38-26-28-44(29-27-38,36-12-2-1-3-13-36)46(39-20-24-41(25-21-39)48(51)52)43-17-15-33-9-5-7-11-35(33)31-43/h1-28,30-31H,29H2. The van der Waals surface area contributed by atoms with Gasteiger partial charge in [0, 0.05) is 52.7 Å². The lowest BCUT2D eigenvalue weighted by molar-refractivity contribution is -0.385. The van der Waals surface area contributed by atoms with Gasteiger partial charge in [-0.3, -0.25) is 20.2 Å². The Morgan fingerprint density at radius 1 is 0.500 bits per heavy atom. The molecule has 252 valence electrons. The lowest BCUT2D eigenvalue weighted by atomic mass is 9.80. The first-order valence-corrected chi connectivity index (χ1v) is 16.9. The second-order valence-electron chi connectivity index (χ2n) is 12.7. The van der Waals surface area contributed by atoms with Crippen molar-refractivity contribution in [2.75, 3.05) is 9.80 Å². The lowest BCUT2D eigenvalue weighted by Gasteiger charge is -2.46. The number of non-ortho nitro benzene ring substituents is 2. The molecule has 1 atom stereocenters. The van der Waals surface area contributed by atoms with Crippen LogP contribution in [0.1, 0.15) is 12.0 Å². The molecule has 8 heteroatoms. The summed E-state index contributed by atoms with van der Waals surface area (Å²) in [4.78, 5) is 26.8. The van der Waals surface area contributed by atoms with Crippen molar-refractivity contribution in [3.63, 3.8) is 0 Å². The Hall–Kier alpha value is -7.06. The van der Waals surface area contributed by atoms with Crippen molar-refractivity contribution < 1.29 is 9.85 Å². The van der Waals surface area contributed by atoms with Crippen LogP contribution < -0.4 is 9.80 Å². The summed E-state index contributed by atoms with van der Waals surface area (Å²) in [6.45, 7) is 0. The molecule has 0 saturated carbocycles. The third-order valence-electron chi connectivity index (χ3n) is 9.70. The lowest BCUT2D eigenvalue weighted by Crippen LogP contribution is -2.43. The molecule has 0 heterocycles. The number of nitro groups is 2. The highest BCUT2D eigenvalue weighted by Crippen LogP contribution is 2.47. The van der Waals surface area contributed by atoms with E-state index in [1.165, 1.54) is 12.1 Å². The fourth-order valence-corrected chi connectivity index (χ4v) is 7.16. The maximum Gasteiger partial charge on any atom is 0.269 e. The van der Waals surface area contributed by atoms with Gasteiger partial charge in [-0.2, -0.15) is 0 Å². The normalized spacial score (nSPS) is 15.3. The van der Waals surface area contributed by atoms with Gasteiger partial charge in [0.25, 0.3) is 11.4 Å². The van der Waals surface area contributed by atoms with Gasteiger partial charge >= 0.3 is 0 Å². The molecule has 1 aliphatic rings. The Bertz CT molecular complexity index is 2510. The zero-order valence-corrected chi connectivity index (χ0v) is 27.9. The van der Waals surface area contributed by atoms with Crippen molar-refractivity contribution in [2.24, 2.45) is 0 Å². The minimum absolute atomic E-state index is 0.0199. The summed E-state index contributed by atoms with van der Waals surface area (Å²) in [5.74, 6) is 0. The van der Waals surface area contributed by atoms with E-state index in [0.29, 0.717) is 6.42 Å². The number of fused-ring (bicyclic) bond motifs is 2. The third kappa shape index (κ3) is 5.92. The molecule has 52 heavy (non-hydrogen) atoms. The fourth-order valence-electron chi connectivity index (χ4n) is 7.16. The Balaban J connectivity index is 1.30. The number of benzene rings is 7. The highest BCUT2D eigenvalue weighted by atomic mass is 16.6. The van der Waals surface area contributed by atoms with Gasteiger partial charge in [0.15, 0.2) is 0 Å². The average Bonchev–Trinajstić information content (AvgIpc) is 3.19. The minimum atomic E-state index is -0.742. The Morgan fingerprint density at radius 2 is 0.981 bits per heavy atom. The molecule has 0 fully saturated rings. The minimum Gasteiger partial charge on any atom is -0.327 e. The smallest absolute Gasteiger partial charge is 0.269 e. The molecule has 0 N–H and O–H groups in total. The molecular formula is C44H32N4O4. The third-order valence-corrected chi connectivity index (χ3v) is 9.70. The number of nitrogens with zero attached hydrogens (tertiary/aromatic N) is 4. The Labute approximate surface area is 300 Å². The maximum atomic E-state index is 11.7. The number of nitro benzene ring substituents is 2. The van der Waals surface area contributed by atoms with Gasteiger partial charge in [-0.1, -0.05) is 103 Å². The number of rotatable bonds is 9. The van der Waals surface area contributed by atoms with Crippen LogP contribution in [0.3, 0.4) is 0 Å². The van der Waals surface area contributed by atoms with Crippen molar-refractivity contribution in [1.82, 2.24) is 0 Å². The van der Waals surface area contributed by atoms with Crippen molar-refractivity contribution in [3.05, 3.63) is 214 Å². The van der Waals surface area contributed by atoms with Crippen LogP contribution in [0.25, 0.3) is 21.5 Å². The fraction of sp³-hybridized carbons (Fsp3) is 0.0455.